The highest BCUT2D eigenvalue weighted by Gasteiger charge is 2.10. The second-order valence-electron chi connectivity index (χ2n) is 4.89. The smallest absolute Gasteiger partial charge is 0.0564 e. The molecule has 0 radical (unpaired) electrons. The summed E-state index contributed by atoms with van der Waals surface area (Å²) < 4.78 is 0. The largest absolute Gasteiger partial charge is 0.393 e. The van der Waals surface area contributed by atoms with Crippen molar-refractivity contribution in [3.05, 3.63) is 0 Å². The molecule has 0 bridgehead atoms. The minimum atomic E-state index is -0.305. The molecule has 0 fully saturated rings. The SMILES string of the molecule is CCCCCCCCC(O)CC(O)CCC. The molecule has 2 nitrogen and oxygen atoms in total. The van der Waals surface area contributed by atoms with Crippen LogP contribution in [0.2, 0.25) is 0 Å². The van der Waals surface area contributed by atoms with Gasteiger partial charge in [-0.25, -0.2) is 0 Å². The normalized spacial score (nSPS) is 15.0. The quantitative estimate of drug-likeness (QED) is 0.532. The molecule has 0 aromatic rings. The van der Waals surface area contributed by atoms with Crippen molar-refractivity contribution >= 4 is 0 Å². The molecule has 0 aromatic heterocycles. The van der Waals surface area contributed by atoms with Crippen LogP contribution in [0.1, 0.15) is 78.1 Å². The Morgan fingerprint density at radius 2 is 1.25 bits per heavy atom. The van der Waals surface area contributed by atoms with Crippen LogP contribution in [0.25, 0.3) is 0 Å². The lowest BCUT2D eigenvalue weighted by Crippen LogP contribution is -2.17. The number of hydrogen-bond acceptors (Lipinski definition) is 2. The minimum Gasteiger partial charge on any atom is -0.393 e. The van der Waals surface area contributed by atoms with Crippen LogP contribution in [0.5, 0.6) is 0 Å². The first-order valence-corrected chi connectivity index (χ1v) is 7.06. The highest BCUT2D eigenvalue weighted by molar-refractivity contribution is 4.63. The average molecular weight is 230 g/mol. The summed E-state index contributed by atoms with van der Waals surface area (Å²) in [6.45, 7) is 4.28. The molecule has 0 rings (SSSR count). The third-order valence-corrected chi connectivity index (χ3v) is 3.06. The van der Waals surface area contributed by atoms with Gasteiger partial charge < -0.3 is 10.2 Å². The molecule has 0 saturated heterocycles. The number of hydrogen-bond donors (Lipinski definition) is 2. The van der Waals surface area contributed by atoms with Gasteiger partial charge in [0.05, 0.1) is 12.2 Å². The Morgan fingerprint density at radius 1 is 0.688 bits per heavy atom. The summed E-state index contributed by atoms with van der Waals surface area (Å²) in [5, 5.41) is 19.2. The fourth-order valence-corrected chi connectivity index (χ4v) is 2.04. The first-order valence-electron chi connectivity index (χ1n) is 7.06. The zero-order valence-electron chi connectivity index (χ0n) is 11.1. The first kappa shape index (κ1) is 15.9. The van der Waals surface area contributed by atoms with Gasteiger partial charge >= 0.3 is 0 Å². The van der Waals surface area contributed by atoms with Gasteiger partial charge in [0.2, 0.25) is 0 Å². The molecule has 0 aliphatic carbocycles. The van der Waals surface area contributed by atoms with E-state index in [1.807, 2.05) is 0 Å². The van der Waals surface area contributed by atoms with Crippen molar-refractivity contribution in [3.8, 4) is 0 Å². The maximum atomic E-state index is 9.69. The minimum absolute atomic E-state index is 0.298. The Bertz CT molecular complexity index is 137. The predicted molar refractivity (Wildman–Crippen MR) is 69.5 cm³/mol. The van der Waals surface area contributed by atoms with Crippen molar-refractivity contribution in [2.45, 2.75) is 90.3 Å². The van der Waals surface area contributed by atoms with Crippen LogP contribution in [0, 0.1) is 0 Å². The van der Waals surface area contributed by atoms with Crippen LogP contribution < -0.4 is 0 Å². The van der Waals surface area contributed by atoms with Crippen molar-refractivity contribution < 1.29 is 10.2 Å². The molecule has 0 aromatic carbocycles. The van der Waals surface area contributed by atoms with Crippen molar-refractivity contribution in [3.63, 3.8) is 0 Å². The molecule has 0 saturated carbocycles. The molecule has 0 heterocycles. The molecule has 0 aliphatic rings. The molecule has 98 valence electrons. The summed E-state index contributed by atoms with van der Waals surface area (Å²) in [4.78, 5) is 0. The highest BCUT2D eigenvalue weighted by Crippen LogP contribution is 2.13. The van der Waals surface area contributed by atoms with Crippen molar-refractivity contribution in [1.82, 2.24) is 0 Å². The van der Waals surface area contributed by atoms with Gasteiger partial charge in [-0.05, 0) is 19.3 Å². The van der Waals surface area contributed by atoms with Crippen LogP contribution in [0.15, 0.2) is 0 Å². The lowest BCUT2D eigenvalue weighted by atomic mass is 10.0. The molecule has 0 spiro atoms. The third kappa shape index (κ3) is 10.4. The van der Waals surface area contributed by atoms with E-state index in [0.29, 0.717) is 6.42 Å². The van der Waals surface area contributed by atoms with Crippen LogP contribution >= 0.6 is 0 Å². The first-order chi connectivity index (χ1) is 7.70. The van der Waals surface area contributed by atoms with E-state index in [1.165, 1.54) is 32.1 Å². The summed E-state index contributed by atoms with van der Waals surface area (Å²) in [6.07, 6.45) is 10.2. The Morgan fingerprint density at radius 3 is 1.88 bits per heavy atom. The molecule has 2 heteroatoms. The Kier molecular flexibility index (Phi) is 11.3. The zero-order chi connectivity index (χ0) is 12.2. The van der Waals surface area contributed by atoms with Gasteiger partial charge in [0.1, 0.15) is 0 Å². The van der Waals surface area contributed by atoms with Gasteiger partial charge in [-0.15, -0.1) is 0 Å². The molecular weight excluding hydrogens is 200 g/mol. The topological polar surface area (TPSA) is 40.5 Å². The summed E-state index contributed by atoms with van der Waals surface area (Å²) in [6, 6.07) is 0. The van der Waals surface area contributed by atoms with Crippen molar-refractivity contribution in [1.29, 1.82) is 0 Å². The average Bonchev–Trinajstić information content (AvgIpc) is 2.23. The summed E-state index contributed by atoms with van der Waals surface area (Å²) >= 11 is 0. The number of unbranched alkanes of at least 4 members (excludes halogenated alkanes) is 5. The van der Waals surface area contributed by atoms with Crippen LogP contribution in [0.3, 0.4) is 0 Å². The maximum absolute atomic E-state index is 9.69. The molecule has 2 unspecified atom stereocenters. The van der Waals surface area contributed by atoms with Gasteiger partial charge in [0.15, 0.2) is 0 Å². The maximum Gasteiger partial charge on any atom is 0.0564 e. The van der Waals surface area contributed by atoms with Gasteiger partial charge in [-0.2, -0.15) is 0 Å². The van der Waals surface area contributed by atoms with E-state index in [1.54, 1.807) is 0 Å². The third-order valence-electron chi connectivity index (χ3n) is 3.06. The molecular formula is C14H30O2. The summed E-state index contributed by atoms with van der Waals surface area (Å²) in [5.74, 6) is 0. The van der Waals surface area contributed by atoms with E-state index < -0.39 is 0 Å². The molecule has 0 amide bonds. The molecule has 2 atom stereocenters. The Labute approximate surface area is 101 Å². The van der Waals surface area contributed by atoms with Gasteiger partial charge in [-0.1, -0.05) is 58.8 Å². The molecule has 2 N–H and O–H groups in total. The van der Waals surface area contributed by atoms with E-state index in [-0.39, 0.29) is 12.2 Å². The predicted octanol–water partition coefficient (Wildman–Crippen LogP) is 3.65. The van der Waals surface area contributed by atoms with Crippen LogP contribution in [-0.4, -0.2) is 22.4 Å². The van der Waals surface area contributed by atoms with Gasteiger partial charge in [-0.3, -0.25) is 0 Å². The summed E-state index contributed by atoms with van der Waals surface area (Å²) in [7, 11) is 0. The second-order valence-corrected chi connectivity index (χ2v) is 4.89. The Hall–Kier alpha value is -0.0800. The van der Waals surface area contributed by atoms with Gasteiger partial charge in [0.25, 0.3) is 0 Å². The standard InChI is InChI=1S/C14H30O2/c1-3-5-6-7-8-9-11-14(16)12-13(15)10-4-2/h13-16H,3-12H2,1-2H3. The second kappa shape index (κ2) is 11.4. The monoisotopic (exact) mass is 230 g/mol. The van der Waals surface area contributed by atoms with Crippen LogP contribution in [0.4, 0.5) is 0 Å². The number of aliphatic hydroxyl groups excluding tert-OH is 2. The fourth-order valence-electron chi connectivity index (χ4n) is 2.04. The fraction of sp³-hybridized carbons (Fsp3) is 1.00. The van der Waals surface area contributed by atoms with E-state index in [0.717, 1.165) is 25.7 Å². The van der Waals surface area contributed by atoms with Crippen molar-refractivity contribution in [2.75, 3.05) is 0 Å². The summed E-state index contributed by atoms with van der Waals surface area (Å²) in [5.41, 5.74) is 0. The van der Waals surface area contributed by atoms with E-state index in [4.69, 9.17) is 0 Å². The highest BCUT2D eigenvalue weighted by atomic mass is 16.3. The molecule has 0 aliphatic heterocycles. The van der Waals surface area contributed by atoms with Crippen LogP contribution in [-0.2, 0) is 0 Å². The van der Waals surface area contributed by atoms with Gasteiger partial charge in [0, 0.05) is 0 Å². The number of aliphatic hydroxyl groups is 2. The van der Waals surface area contributed by atoms with E-state index in [9.17, 15) is 10.2 Å². The van der Waals surface area contributed by atoms with Crippen molar-refractivity contribution in [2.24, 2.45) is 0 Å². The van der Waals surface area contributed by atoms with E-state index >= 15 is 0 Å². The lowest BCUT2D eigenvalue weighted by molar-refractivity contribution is 0.0692. The lowest BCUT2D eigenvalue weighted by Gasteiger charge is -2.14. The Balaban J connectivity index is 3.26. The van der Waals surface area contributed by atoms with E-state index in [2.05, 4.69) is 13.8 Å². The number of rotatable bonds is 11. The molecule has 16 heavy (non-hydrogen) atoms. The zero-order valence-corrected chi connectivity index (χ0v) is 11.1.